The second-order valence-electron chi connectivity index (χ2n) is 4.74. The third kappa shape index (κ3) is 4.35. The molecular formula is C18H17NO3. The molecule has 112 valence electrons. The van der Waals surface area contributed by atoms with Crippen LogP contribution in [-0.2, 0) is 9.53 Å². The van der Waals surface area contributed by atoms with Crippen molar-refractivity contribution >= 4 is 5.97 Å². The normalized spacial score (nSPS) is 11.3. The van der Waals surface area contributed by atoms with Crippen LogP contribution in [0.1, 0.15) is 31.4 Å². The van der Waals surface area contributed by atoms with Crippen LogP contribution in [0.25, 0.3) is 0 Å². The minimum Gasteiger partial charge on any atom is -0.457 e. The van der Waals surface area contributed by atoms with E-state index < -0.39 is 6.10 Å². The zero-order valence-corrected chi connectivity index (χ0v) is 12.4. The number of carbonyl (C=O) groups excluding carboxylic acids is 1. The van der Waals surface area contributed by atoms with Gasteiger partial charge in [0.15, 0.2) is 0 Å². The monoisotopic (exact) mass is 295 g/mol. The first-order valence-electron chi connectivity index (χ1n) is 7.15. The van der Waals surface area contributed by atoms with Crippen LogP contribution in [0.3, 0.4) is 0 Å². The Labute approximate surface area is 129 Å². The van der Waals surface area contributed by atoms with Gasteiger partial charge < -0.3 is 9.47 Å². The Bertz CT molecular complexity index is 662. The molecule has 0 spiro atoms. The first kappa shape index (κ1) is 15.6. The number of benzene rings is 2. The molecule has 4 nitrogen and oxygen atoms in total. The smallest absolute Gasteiger partial charge is 0.307 e. The Morgan fingerprint density at radius 3 is 2.55 bits per heavy atom. The first-order chi connectivity index (χ1) is 10.7. The summed E-state index contributed by atoms with van der Waals surface area (Å²) >= 11 is 0. The highest BCUT2D eigenvalue weighted by molar-refractivity contribution is 5.70. The van der Waals surface area contributed by atoms with Gasteiger partial charge in [0, 0.05) is 12.0 Å². The number of rotatable bonds is 6. The van der Waals surface area contributed by atoms with Crippen LogP contribution < -0.4 is 4.74 Å². The van der Waals surface area contributed by atoms with Gasteiger partial charge >= 0.3 is 5.97 Å². The molecule has 0 aliphatic carbocycles. The van der Waals surface area contributed by atoms with Crippen LogP contribution in [0.4, 0.5) is 0 Å². The summed E-state index contributed by atoms with van der Waals surface area (Å²) in [6, 6.07) is 18.4. The number of hydrogen-bond donors (Lipinski definition) is 0. The lowest BCUT2D eigenvalue weighted by Crippen LogP contribution is -2.09. The average molecular weight is 295 g/mol. The van der Waals surface area contributed by atoms with Crippen LogP contribution in [0.15, 0.2) is 54.6 Å². The summed E-state index contributed by atoms with van der Waals surface area (Å²) in [5, 5.41) is 9.21. The Morgan fingerprint density at radius 1 is 1.14 bits per heavy atom. The highest BCUT2D eigenvalue weighted by Gasteiger charge is 2.16. The molecule has 0 saturated carbocycles. The Hall–Kier alpha value is -2.80. The largest absolute Gasteiger partial charge is 0.457 e. The van der Waals surface area contributed by atoms with E-state index in [0.29, 0.717) is 29.9 Å². The van der Waals surface area contributed by atoms with Gasteiger partial charge in [0.2, 0.25) is 6.10 Å². The number of hydrogen-bond acceptors (Lipinski definition) is 4. The molecule has 0 aromatic heterocycles. The predicted octanol–water partition coefficient (Wildman–Crippen LogP) is 4.39. The number of para-hydroxylation sites is 1. The van der Waals surface area contributed by atoms with Gasteiger partial charge in [-0.1, -0.05) is 37.3 Å². The van der Waals surface area contributed by atoms with Crippen molar-refractivity contribution in [3.05, 3.63) is 60.2 Å². The molecule has 0 unspecified atom stereocenters. The fourth-order valence-electron chi connectivity index (χ4n) is 1.93. The molecule has 0 N–H and O–H groups in total. The quantitative estimate of drug-likeness (QED) is 0.742. The number of esters is 1. The van der Waals surface area contributed by atoms with Crippen molar-refractivity contribution in [1.29, 1.82) is 5.26 Å². The van der Waals surface area contributed by atoms with Gasteiger partial charge in [0.05, 0.1) is 0 Å². The summed E-state index contributed by atoms with van der Waals surface area (Å²) in [5.41, 5.74) is 0.598. The zero-order chi connectivity index (χ0) is 15.8. The van der Waals surface area contributed by atoms with Gasteiger partial charge in [-0.2, -0.15) is 5.26 Å². The van der Waals surface area contributed by atoms with E-state index in [0.717, 1.165) is 0 Å². The maximum Gasteiger partial charge on any atom is 0.307 e. The van der Waals surface area contributed by atoms with E-state index in [1.807, 2.05) is 43.3 Å². The maximum atomic E-state index is 11.6. The molecule has 0 amide bonds. The molecule has 2 rings (SSSR count). The standard InChI is InChI=1S/C18H17NO3/c1-2-7-18(20)22-17(13-19)14-8-6-11-16(12-14)21-15-9-4-3-5-10-15/h3-6,8-12,17H,2,7H2,1H3/t17-/m1/s1. The summed E-state index contributed by atoms with van der Waals surface area (Å²) in [6.45, 7) is 1.89. The number of ether oxygens (including phenoxy) is 2. The van der Waals surface area contributed by atoms with Crippen LogP contribution in [0.2, 0.25) is 0 Å². The molecule has 22 heavy (non-hydrogen) atoms. The molecule has 0 aliphatic rings. The lowest BCUT2D eigenvalue weighted by molar-refractivity contribution is -0.146. The third-order valence-corrected chi connectivity index (χ3v) is 2.96. The SMILES string of the molecule is CCCC(=O)O[C@H](C#N)c1cccc(Oc2ccccc2)c1. The lowest BCUT2D eigenvalue weighted by atomic mass is 10.1. The van der Waals surface area contributed by atoms with E-state index in [2.05, 4.69) is 0 Å². The summed E-state index contributed by atoms with van der Waals surface area (Å²) in [5.74, 6) is 0.926. The molecule has 1 atom stereocenters. The van der Waals surface area contributed by atoms with Gasteiger partial charge in [-0.05, 0) is 30.7 Å². The number of nitrogens with zero attached hydrogens (tertiary/aromatic N) is 1. The van der Waals surface area contributed by atoms with Gasteiger partial charge in [-0.25, -0.2) is 0 Å². The summed E-state index contributed by atoms with van der Waals surface area (Å²) in [6.07, 6.45) is 0.0744. The van der Waals surface area contributed by atoms with Crippen LogP contribution in [-0.4, -0.2) is 5.97 Å². The van der Waals surface area contributed by atoms with Gasteiger partial charge in [-0.15, -0.1) is 0 Å². The molecule has 0 radical (unpaired) electrons. The molecule has 0 aliphatic heterocycles. The van der Waals surface area contributed by atoms with E-state index in [1.165, 1.54) is 0 Å². The Morgan fingerprint density at radius 2 is 1.86 bits per heavy atom. The first-order valence-corrected chi connectivity index (χ1v) is 7.15. The van der Waals surface area contributed by atoms with E-state index in [-0.39, 0.29) is 5.97 Å². The third-order valence-electron chi connectivity index (χ3n) is 2.96. The topological polar surface area (TPSA) is 59.3 Å². The van der Waals surface area contributed by atoms with Crippen molar-refractivity contribution in [2.24, 2.45) is 0 Å². The number of carbonyl (C=O) groups is 1. The molecule has 2 aromatic rings. The van der Waals surface area contributed by atoms with Crippen molar-refractivity contribution in [3.8, 4) is 17.6 Å². The van der Waals surface area contributed by atoms with E-state index in [9.17, 15) is 10.1 Å². The van der Waals surface area contributed by atoms with E-state index in [4.69, 9.17) is 9.47 Å². The fraction of sp³-hybridized carbons (Fsp3) is 0.222. The maximum absolute atomic E-state index is 11.6. The predicted molar refractivity (Wildman–Crippen MR) is 82.3 cm³/mol. The molecule has 0 heterocycles. The molecular weight excluding hydrogens is 278 g/mol. The van der Waals surface area contributed by atoms with Crippen molar-refractivity contribution < 1.29 is 14.3 Å². The van der Waals surface area contributed by atoms with Gasteiger partial charge in [0.25, 0.3) is 0 Å². The molecule has 4 heteroatoms. The van der Waals surface area contributed by atoms with Crippen LogP contribution in [0.5, 0.6) is 11.5 Å². The Kier molecular flexibility index (Phi) is 5.56. The van der Waals surface area contributed by atoms with Crippen molar-refractivity contribution in [2.45, 2.75) is 25.9 Å². The highest BCUT2D eigenvalue weighted by Crippen LogP contribution is 2.26. The van der Waals surface area contributed by atoms with Crippen LogP contribution >= 0.6 is 0 Å². The molecule has 0 saturated heterocycles. The number of nitriles is 1. The zero-order valence-electron chi connectivity index (χ0n) is 12.4. The molecule has 0 fully saturated rings. The second kappa shape index (κ2) is 7.84. The van der Waals surface area contributed by atoms with Crippen LogP contribution in [0, 0.1) is 11.3 Å². The molecule has 2 aromatic carbocycles. The summed E-state index contributed by atoms with van der Waals surface area (Å²) < 4.78 is 10.9. The fourth-order valence-corrected chi connectivity index (χ4v) is 1.93. The summed E-state index contributed by atoms with van der Waals surface area (Å²) in [4.78, 5) is 11.6. The Balaban J connectivity index is 2.12. The van der Waals surface area contributed by atoms with Gasteiger partial charge in [0.1, 0.15) is 17.6 Å². The van der Waals surface area contributed by atoms with Crippen molar-refractivity contribution in [3.63, 3.8) is 0 Å². The van der Waals surface area contributed by atoms with Crippen molar-refractivity contribution in [2.75, 3.05) is 0 Å². The minimum absolute atomic E-state index is 0.304. The molecule has 0 bridgehead atoms. The van der Waals surface area contributed by atoms with E-state index >= 15 is 0 Å². The lowest BCUT2D eigenvalue weighted by Gasteiger charge is -2.12. The average Bonchev–Trinajstić information content (AvgIpc) is 2.54. The summed E-state index contributed by atoms with van der Waals surface area (Å²) in [7, 11) is 0. The minimum atomic E-state index is -0.918. The highest BCUT2D eigenvalue weighted by atomic mass is 16.5. The van der Waals surface area contributed by atoms with E-state index in [1.54, 1.807) is 24.3 Å². The van der Waals surface area contributed by atoms with Crippen molar-refractivity contribution in [1.82, 2.24) is 0 Å². The van der Waals surface area contributed by atoms with Gasteiger partial charge in [-0.3, -0.25) is 4.79 Å². The second-order valence-corrected chi connectivity index (χ2v) is 4.74.